The summed E-state index contributed by atoms with van der Waals surface area (Å²) in [6, 6.07) is 8.80. The Morgan fingerprint density at radius 2 is 1.88 bits per heavy atom. The van der Waals surface area contributed by atoms with Gasteiger partial charge in [-0.15, -0.1) is 0 Å². The van der Waals surface area contributed by atoms with Gasteiger partial charge in [-0.1, -0.05) is 25.1 Å². The molecule has 2 aliphatic rings. The molecule has 0 spiro atoms. The van der Waals surface area contributed by atoms with Crippen LogP contribution < -0.4 is 4.74 Å². The second-order valence-corrected chi connectivity index (χ2v) is 7.46. The molecule has 0 aromatic heterocycles. The molecule has 0 aliphatic carbocycles. The second-order valence-electron chi connectivity index (χ2n) is 7.46. The highest BCUT2D eigenvalue weighted by Crippen LogP contribution is 2.23. The predicted molar refractivity (Wildman–Crippen MR) is 99.9 cm³/mol. The number of likely N-dealkylation sites (tertiary alicyclic amines) is 1. The van der Waals surface area contributed by atoms with Crippen LogP contribution in [-0.2, 0) is 4.79 Å². The number of amides is 1. The summed E-state index contributed by atoms with van der Waals surface area (Å²) in [4.78, 5) is 18.5. The highest BCUT2D eigenvalue weighted by molar-refractivity contribution is 5.73. The van der Waals surface area contributed by atoms with Gasteiger partial charge in [0.2, 0.25) is 5.91 Å². The summed E-state index contributed by atoms with van der Waals surface area (Å²) in [5, 5.41) is 0. The van der Waals surface area contributed by atoms with E-state index in [9.17, 15) is 4.79 Å². The number of para-hydroxylation sites is 1. The Morgan fingerprint density at radius 1 is 1.16 bits per heavy atom. The van der Waals surface area contributed by atoms with E-state index < -0.39 is 0 Å². The van der Waals surface area contributed by atoms with E-state index in [1.807, 2.05) is 23.1 Å². The molecule has 3 rings (SSSR count). The Labute approximate surface area is 151 Å². The van der Waals surface area contributed by atoms with E-state index in [1.54, 1.807) is 6.92 Å². The molecule has 1 aromatic rings. The van der Waals surface area contributed by atoms with Gasteiger partial charge in [0.15, 0.2) is 0 Å². The van der Waals surface area contributed by atoms with Crippen LogP contribution in [0.3, 0.4) is 0 Å². The third-order valence-corrected chi connectivity index (χ3v) is 5.64. The number of piperazine rings is 1. The molecule has 0 saturated carbocycles. The number of nitrogens with zero attached hydrogens (tertiary/aromatic N) is 3. The minimum Gasteiger partial charge on any atom is -0.492 e. The highest BCUT2D eigenvalue weighted by atomic mass is 16.5. The van der Waals surface area contributed by atoms with E-state index in [0.717, 1.165) is 58.2 Å². The summed E-state index contributed by atoms with van der Waals surface area (Å²) in [5.74, 6) is 1.86. The van der Waals surface area contributed by atoms with E-state index in [1.165, 1.54) is 5.56 Å². The number of hydrogen-bond acceptors (Lipinski definition) is 4. The number of carbonyl (C=O) groups excluding carboxylic acids is 1. The molecule has 2 aliphatic heterocycles. The van der Waals surface area contributed by atoms with Crippen LogP contribution in [0.25, 0.3) is 0 Å². The Balaban J connectivity index is 1.44. The third-order valence-electron chi connectivity index (χ3n) is 5.64. The fourth-order valence-corrected chi connectivity index (χ4v) is 4.08. The smallest absolute Gasteiger partial charge is 0.219 e. The molecular formula is C20H31N3O2. The maximum Gasteiger partial charge on any atom is 0.219 e. The largest absolute Gasteiger partial charge is 0.492 e. The van der Waals surface area contributed by atoms with E-state index in [-0.39, 0.29) is 5.91 Å². The maximum absolute atomic E-state index is 11.5. The number of rotatable bonds is 5. The van der Waals surface area contributed by atoms with Crippen LogP contribution in [-0.4, -0.2) is 79.1 Å². The zero-order chi connectivity index (χ0) is 17.8. The first-order valence-corrected chi connectivity index (χ1v) is 9.45. The third kappa shape index (κ3) is 4.53. The van der Waals surface area contributed by atoms with Gasteiger partial charge in [-0.25, -0.2) is 0 Å². The van der Waals surface area contributed by atoms with Crippen molar-refractivity contribution in [2.24, 2.45) is 5.92 Å². The van der Waals surface area contributed by atoms with Crippen molar-refractivity contribution in [1.29, 1.82) is 0 Å². The van der Waals surface area contributed by atoms with Crippen molar-refractivity contribution in [2.75, 3.05) is 52.4 Å². The van der Waals surface area contributed by atoms with Crippen molar-refractivity contribution in [3.05, 3.63) is 29.8 Å². The molecule has 2 atom stereocenters. The standard InChI is InChI=1S/C20H31N3O2/c1-16-6-4-5-7-20(16)25-13-12-21-14-17(2)19(15-21)23-10-8-22(9-11-23)18(3)24/h4-7,17,19H,8-15H2,1-3H3/t17-,19+/m0/s1. The molecular weight excluding hydrogens is 314 g/mol. The topological polar surface area (TPSA) is 36.0 Å². The second kappa shape index (κ2) is 8.19. The van der Waals surface area contributed by atoms with E-state index in [0.29, 0.717) is 12.0 Å². The molecule has 1 amide bonds. The first-order valence-electron chi connectivity index (χ1n) is 9.45. The molecule has 0 radical (unpaired) electrons. The average molecular weight is 345 g/mol. The fraction of sp³-hybridized carbons (Fsp3) is 0.650. The molecule has 2 heterocycles. The number of benzene rings is 1. The summed E-state index contributed by atoms with van der Waals surface area (Å²) in [6.45, 7) is 13.8. The molecule has 0 N–H and O–H groups in total. The van der Waals surface area contributed by atoms with Crippen molar-refractivity contribution in [3.63, 3.8) is 0 Å². The van der Waals surface area contributed by atoms with Crippen molar-refractivity contribution >= 4 is 5.91 Å². The first-order chi connectivity index (χ1) is 12.0. The Hall–Kier alpha value is -1.59. The zero-order valence-corrected chi connectivity index (χ0v) is 15.8. The van der Waals surface area contributed by atoms with E-state index in [4.69, 9.17) is 4.74 Å². The molecule has 138 valence electrons. The molecule has 0 unspecified atom stereocenters. The minimum atomic E-state index is 0.203. The predicted octanol–water partition coefficient (Wildman–Crippen LogP) is 1.86. The average Bonchev–Trinajstić information content (AvgIpc) is 2.97. The van der Waals surface area contributed by atoms with Crippen molar-refractivity contribution < 1.29 is 9.53 Å². The van der Waals surface area contributed by atoms with Gasteiger partial charge in [-0.3, -0.25) is 14.6 Å². The molecule has 2 saturated heterocycles. The first kappa shape index (κ1) is 18.2. The molecule has 1 aromatic carbocycles. The SMILES string of the molecule is CC(=O)N1CCN([C@@H]2CN(CCOc3ccccc3C)C[C@@H]2C)CC1. The van der Waals surface area contributed by atoms with Gasteiger partial charge < -0.3 is 9.64 Å². The van der Waals surface area contributed by atoms with Crippen LogP contribution in [0.15, 0.2) is 24.3 Å². The zero-order valence-electron chi connectivity index (χ0n) is 15.8. The van der Waals surface area contributed by atoms with Crippen LogP contribution in [0.1, 0.15) is 19.4 Å². The molecule has 5 nitrogen and oxygen atoms in total. The summed E-state index contributed by atoms with van der Waals surface area (Å²) < 4.78 is 5.96. The van der Waals surface area contributed by atoms with Gasteiger partial charge in [0.05, 0.1) is 0 Å². The van der Waals surface area contributed by atoms with E-state index >= 15 is 0 Å². The lowest BCUT2D eigenvalue weighted by atomic mass is 10.0. The van der Waals surface area contributed by atoms with Gasteiger partial charge in [0, 0.05) is 58.8 Å². The van der Waals surface area contributed by atoms with Gasteiger partial charge in [-0.05, 0) is 24.5 Å². The van der Waals surface area contributed by atoms with Gasteiger partial charge in [-0.2, -0.15) is 0 Å². The normalized spacial score (nSPS) is 25.3. The summed E-state index contributed by atoms with van der Waals surface area (Å²) in [7, 11) is 0. The Bertz CT molecular complexity index is 584. The summed E-state index contributed by atoms with van der Waals surface area (Å²) in [6.07, 6.45) is 0. The Morgan fingerprint density at radius 3 is 2.56 bits per heavy atom. The van der Waals surface area contributed by atoms with Gasteiger partial charge in [0.25, 0.3) is 0 Å². The lowest BCUT2D eigenvalue weighted by molar-refractivity contribution is -0.130. The molecule has 2 fully saturated rings. The molecule has 0 bridgehead atoms. The van der Waals surface area contributed by atoms with Crippen LogP contribution in [0.2, 0.25) is 0 Å². The monoisotopic (exact) mass is 345 g/mol. The lowest BCUT2D eigenvalue weighted by Crippen LogP contribution is -2.53. The van der Waals surface area contributed by atoms with Crippen LogP contribution in [0.4, 0.5) is 0 Å². The number of hydrogen-bond donors (Lipinski definition) is 0. The number of carbonyl (C=O) groups is 1. The lowest BCUT2D eigenvalue weighted by Gasteiger charge is -2.39. The van der Waals surface area contributed by atoms with Crippen LogP contribution in [0, 0.1) is 12.8 Å². The Kier molecular flexibility index (Phi) is 5.97. The van der Waals surface area contributed by atoms with Crippen molar-refractivity contribution in [2.45, 2.75) is 26.8 Å². The maximum atomic E-state index is 11.5. The van der Waals surface area contributed by atoms with Crippen LogP contribution in [0.5, 0.6) is 5.75 Å². The number of aryl methyl sites for hydroxylation is 1. The minimum absolute atomic E-state index is 0.203. The molecule has 5 heteroatoms. The van der Waals surface area contributed by atoms with Crippen molar-refractivity contribution in [1.82, 2.24) is 14.7 Å². The van der Waals surface area contributed by atoms with Gasteiger partial charge >= 0.3 is 0 Å². The summed E-state index contributed by atoms with van der Waals surface area (Å²) >= 11 is 0. The van der Waals surface area contributed by atoms with E-state index in [2.05, 4.69) is 29.7 Å². The van der Waals surface area contributed by atoms with Crippen LogP contribution >= 0.6 is 0 Å². The fourth-order valence-electron chi connectivity index (χ4n) is 4.08. The molecule has 25 heavy (non-hydrogen) atoms. The summed E-state index contributed by atoms with van der Waals surface area (Å²) in [5.41, 5.74) is 1.19. The van der Waals surface area contributed by atoms with Gasteiger partial charge in [0.1, 0.15) is 12.4 Å². The van der Waals surface area contributed by atoms with Crippen molar-refractivity contribution in [3.8, 4) is 5.75 Å². The number of ether oxygens (including phenoxy) is 1. The highest BCUT2D eigenvalue weighted by Gasteiger charge is 2.35. The quantitative estimate of drug-likeness (QED) is 0.816.